The summed E-state index contributed by atoms with van der Waals surface area (Å²) in [5.74, 6) is 0.460. The van der Waals surface area contributed by atoms with E-state index in [0.717, 1.165) is 22.3 Å². The monoisotopic (exact) mass is 364 g/mol. The van der Waals surface area contributed by atoms with Crippen LogP contribution in [0.1, 0.15) is 49.9 Å². The van der Waals surface area contributed by atoms with Gasteiger partial charge in [-0.2, -0.15) is 0 Å². The molecule has 0 spiro atoms. The van der Waals surface area contributed by atoms with E-state index >= 15 is 0 Å². The Morgan fingerprint density at radius 2 is 1.33 bits per heavy atom. The van der Waals surface area contributed by atoms with Gasteiger partial charge in [0.2, 0.25) is 0 Å². The van der Waals surface area contributed by atoms with Crippen molar-refractivity contribution >= 4 is 12.2 Å². The Balaban J connectivity index is 2.49. The molecule has 0 amide bonds. The first-order valence-electron chi connectivity index (χ1n) is 9.08. The smallest absolute Gasteiger partial charge is 0.126 e. The lowest BCUT2D eigenvalue weighted by atomic mass is 9.95. The first-order chi connectivity index (χ1) is 12.8. The van der Waals surface area contributed by atoms with Crippen molar-refractivity contribution in [2.75, 3.05) is 0 Å². The van der Waals surface area contributed by atoms with Gasteiger partial charge in [-0.1, -0.05) is 47.6 Å². The van der Waals surface area contributed by atoms with E-state index in [9.17, 15) is 15.3 Å². The number of allylic oxidation sites excluding steroid dienone is 4. The van der Waals surface area contributed by atoms with Crippen LogP contribution in [0, 0.1) is 0 Å². The minimum Gasteiger partial charge on any atom is -0.508 e. The highest BCUT2D eigenvalue weighted by Gasteiger charge is 2.15. The van der Waals surface area contributed by atoms with Crippen molar-refractivity contribution in [3.8, 4) is 17.2 Å². The highest BCUT2D eigenvalue weighted by atomic mass is 16.3. The summed E-state index contributed by atoms with van der Waals surface area (Å²) in [6.07, 6.45) is 8.91. The second-order valence-corrected chi connectivity index (χ2v) is 7.19. The molecule has 0 aromatic heterocycles. The van der Waals surface area contributed by atoms with Gasteiger partial charge in [0.15, 0.2) is 0 Å². The summed E-state index contributed by atoms with van der Waals surface area (Å²) in [5.41, 5.74) is 5.35. The summed E-state index contributed by atoms with van der Waals surface area (Å²) in [7, 11) is 0. The molecule has 3 nitrogen and oxygen atoms in total. The molecule has 0 unspecified atom stereocenters. The van der Waals surface area contributed by atoms with E-state index in [-0.39, 0.29) is 17.2 Å². The third-order valence-corrected chi connectivity index (χ3v) is 4.30. The van der Waals surface area contributed by atoms with Gasteiger partial charge in [-0.05, 0) is 69.9 Å². The van der Waals surface area contributed by atoms with Crippen molar-refractivity contribution in [3.63, 3.8) is 0 Å². The van der Waals surface area contributed by atoms with Gasteiger partial charge in [-0.25, -0.2) is 0 Å². The fourth-order valence-corrected chi connectivity index (χ4v) is 2.71. The van der Waals surface area contributed by atoms with Crippen molar-refractivity contribution in [1.82, 2.24) is 0 Å². The molecule has 3 heteroatoms. The molecule has 27 heavy (non-hydrogen) atoms. The topological polar surface area (TPSA) is 60.7 Å². The van der Waals surface area contributed by atoms with Gasteiger partial charge < -0.3 is 15.3 Å². The Hall–Kier alpha value is -2.94. The number of benzene rings is 2. The Labute approximate surface area is 161 Å². The third kappa shape index (κ3) is 5.78. The fraction of sp³-hybridized carbons (Fsp3) is 0.250. The van der Waals surface area contributed by atoms with Crippen LogP contribution in [0.3, 0.4) is 0 Å². The molecule has 0 saturated heterocycles. The lowest BCUT2D eigenvalue weighted by Gasteiger charge is -2.14. The summed E-state index contributed by atoms with van der Waals surface area (Å²) in [6.45, 7) is 8.03. The lowest BCUT2D eigenvalue weighted by Crippen LogP contribution is -1.95. The molecule has 142 valence electrons. The number of aromatic hydroxyl groups is 3. The molecule has 0 aliphatic heterocycles. The summed E-state index contributed by atoms with van der Waals surface area (Å²) >= 11 is 0. The summed E-state index contributed by atoms with van der Waals surface area (Å²) in [4.78, 5) is 0. The van der Waals surface area contributed by atoms with Crippen LogP contribution in [0.2, 0.25) is 0 Å². The molecule has 0 radical (unpaired) electrons. The number of hydrogen-bond donors (Lipinski definition) is 3. The predicted octanol–water partition coefficient (Wildman–Crippen LogP) is 5.99. The average Bonchev–Trinajstić information content (AvgIpc) is 2.59. The molecule has 2 rings (SSSR count). The highest BCUT2D eigenvalue weighted by molar-refractivity contribution is 5.74. The van der Waals surface area contributed by atoms with Crippen molar-refractivity contribution < 1.29 is 15.3 Å². The van der Waals surface area contributed by atoms with Gasteiger partial charge in [-0.15, -0.1) is 0 Å². The molecular weight excluding hydrogens is 336 g/mol. The van der Waals surface area contributed by atoms with Gasteiger partial charge in [-0.3, -0.25) is 0 Å². The standard InChI is InChI=1S/C24H28O3/c1-16(2)5-13-21-19(10-7-18-8-11-20(25)12-9-18)15-23(26)22(24(21)27)14-6-17(3)4/h5-12,15,25-27H,13-14H2,1-4H3. The number of hydrogen-bond acceptors (Lipinski definition) is 3. The Kier molecular flexibility index (Phi) is 6.89. The second kappa shape index (κ2) is 9.13. The first kappa shape index (κ1) is 20.4. The van der Waals surface area contributed by atoms with E-state index in [1.165, 1.54) is 5.57 Å². The van der Waals surface area contributed by atoms with Crippen LogP contribution < -0.4 is 0 Å². The number of phenolic OH excluding ortho intramolecular Hbond substituents is 3. The Morgan fingerprint density at radius 3 is 1.89 bits per heavy atom. The molecule has 0 heterocycles. The van der Waals surface area contributed by atoms with Gasteiger partial charge in [0, 0.05) is 11.1 Å². The zero-order chi connectivity index (χ0) is 20.0. The van der Waals surface area contributed by atoms with Crippen LogP contribution in [0.25, 0.3) is 12.2 Å². The molecule has 0 saturated carbocycles. The maximum atomic E-state index is 10.8. The predicted molar refractivity (Wildman–Crippen MR) is 113 cm³/mol. The maximum absolute atomic E-state index is 10.8. The van der Waals surface area contributed by atoms with E-state index in [0.29, 0.717) is 18.4 Å². The molecule has 2 aromatic rings. The Bertz CT molecular complexity index is 877. The largest absolute Gasteiger partial charge is 0.508 e. The number of rotatable bonds is 6. The average molecular weight is 364 g/mol. The zero-order valence-corrected chi connectivity index (χ0v) is 16.5. The minimum absolute atomic E-state index is 0.0938. The third-order valence-electron chi connectivity index (χ3n) is 4.30. The first-order valence-corrected chi connectivity index (χ1v) is 9.08. The van der Waals surface area contributed by atoms with Gasteiger partial charge in [0.1, 0.15) is 17.2 Å². The van der Waals surface area contributed by atoms with E-state index in [2.05, 4.69) is 6.08 Å². The summed E-state index contributed by atoms with van der Waals surface area (Å²) in [6, 6.07) is 8.58. The van der Waals surface area contributed by atoms with Gasteiger partial charge in [0.05, 0.1) is 0 Å². The quantitative estimate of drug-likeness (QED) is 0.436. The van der Waals surface area contributed by atoms with Crippen LogP contribution in [0.15, 0.2) is 53.6 Å². The van der Waals surface area contributed by atoms with Crippen molar-refractivity contribution in [3.05, 3.63) is 75.9 Å². The zero-order valence-electron chi connectivity index (χ0n) is 16.5. The molecule has 0 aliphatic rings. The number of phenols is 3. The summed E-state index contributed by atoms with van der Waals surface area (Å²) < 4.78 is 0. The van der Waals surface area contributed by atoms with Gasteiger partial charge in [0.25, 0.3) is 0 Å². The van der Waals surface area contributed by atoms with Crippen LogP contribution in [0.5, 0.6) is 17.2 Å². The molecule has 0 bridgehead atoms. The van der Waals surface area contributed by atoms with Crippen molar-refractivity contribution in [2.24, 2.45) is 0 Å². The van der Waals surface area contributed by atoms with Gasteiger partial charge >= 0.3 is 0 Å². The van der Waals surface area contributed by atoms with Crippen LogP contribution >= 0.6 is 0 Å². The second-order valence-electron chi connectivity index (χ2n) is 7.19. The lowest BCUT2D eigenvalue weighted by molar-refractivity contribution is 0.437. The minimum atomic E-state index is 0.0938. The van der Waals surface area contributed by atoms with Crippen molar-refractivity contribution in [2.45, 2.75) is 40.5 Å². The maximum Gasteiger partial charge on any atom is 0.126 e. The summed E-state index contributed by atoms with van der Waals surface area (Å²) in [5, 5.41) is 30.7. The van der Waals surface area contributed by atoms with E-state index in [1.807, 2.05) is 58.1 Å². The van der Waals surface area contributed by atoms with Crippen LogP contribution in [0.4, 0.5) is 0 Å². The van der Waals surface area contributed by atoms with Crippen LogP contribution in [-0.2, 0) is 12.8 Å². The van der Waals surface area contributed by atoms with E-state index in [4.69, 9.17) is 0 Å². The molecule has 0 fully saturated rings. The van der Waals surface area contributed by atoms with E-state index in [1.54, 1.807) is 18.2 Å². The van der Waals surface area contributed by atoms with Crippen LogP contribution in [-0.4, -0.2) is 15.3 Å². The molecule has 2 aromatic carbocycles. The molecule has 3 N–H and O–H groups in total. The SMILES string of the molecule is CC(C)=CCc1c(O)cc(C=Cc2ccc(O)cc2)c(CC=C(C)C)c1O. The fourth-order valence-electron chi connectivity index (χ4n) is 2.71. The normalized spacial score (nSPS) is 10.8. The molecule has 0 aliphatic carbocycles. The Morgan fingerprint density at radius 1 is 0.778 bits per heavy atom. The highest BCUT2D eigenvalue weighted by Crippen LogP contribution is 2.36. The van der Waals surface area contributed by atoms with E-state index < -0.39 is 0 Å². The molecular formula is C24H28O3. The molecule has 0 atom stereocenters. The van der Waals surface area contributed by atoms with Crippen molar-refractivity contribution in [1.29, 1.82) is 0 Å².